The van der Waals surface area contributed by atoms with Crippen molar-refractivity contribution in [2.75, 3.05) is 13.6 Å². The Morgan fingerprint density at radius 3 is 2.83 bits per heavy atom. The van der Waals surface area contributed by atoms with Crippen LogP contribution in [0.15, 0.2) is 24.4 Å². The minimum absolute atomic E-state index is 0.0157. The number of rotatable bonds is 3. The normalized spacial score (nSPS) is 32.0. The van der Waals surface area contributed by atoms with E-state index >= 15 is 0 Å². The van der Waals surface area contributed by atoms with Crippen molar-refractivity contribution in [3.63, 3.8) is 0 Å². The first-order valence-corrected chi connectivity index (χ1v) is 11.2. The number of carbonyl (C=O) groups is 1. The van der Waals surface area contributed by atoms with Crippen LogP contribution in [0.25, 0.3) is 10.9 Å². The lowest BCUT2D eigenvalue weighted by molar-refractivity contribution is -0.128. The minimum Gasteiger partial charge on any atom is -0.391 e. The number of likely N-dealkylation sites (N-methyl/N-ethyl adjacent to an activating group) is 1. The molecule has 1 aromatic carbocycles. The fourth-order valence-corrected chi connectivity index (χ4v) is 6.10. The third-order valence-electron chi connectivity index (χ3n) is 7.61. The Labute approximate surface area is 173 Å². The molecular formula is C24H33N3O2. The van der Waals surface area contributed by atoms with Crippen LogP contribution in [-0.2, 0) is 11.2 Å². The van der Waals surface area contributed by atoms with E-state index < -0.39 is 0 Å². The van der Waals surface area contributed by atoms with Crippen LogP contribution < -0.4 is 5.32 Å². The number of nitrogens with zero attached hydrogens (tertiary/aromatic N) is 2. The number of piperidine rings is 1. The van der Waals surface area contributed by atoms with Gasteiger partial charge in [0.1, 0.15) is 0 Å². The summed E-state index contributed by atoms with van der Waals surface area (Å²) in [6, 6.07) is 7.53. The molecule has 1 aromatic heterocycles. The van der Waals surface area contributed by atoms with Crippen molar-refractivity contribution >= 4 is 16.8 Å². The molecular weight excluding hydrogens is 362 g/mol. The maximum absolute atomic E-state index is 13.0. The number of aliphatic hydroxyl groups is 1. The first-order chi connectivity index (χ1) is 13.9. The number of aliphatic hydroxyl groups excluding tert-OH is 1. The van der Waals surface area contributed by atoms with Crippen LogP contribution in [-0.4, -0.2) is 52.3 Å². The van der Waals surface area contributed by atoms with Gasteiger partial charge in [0.25, 0.3) is 0 Å². The molecule has 2 fully saturated rings. The van der Waals surface area contributed by atoms with Gasteiger partial charge < -0.3 is 19.9 Å². The van der Waals surface area contributed by atoms with Crippen molar-refractivity contribution in [1.29, 1.82) is 0 Å². The molecule has 0 bridgehead atoms. The first kappa shape index (κ1) is 19.1. The molecule has 0 spiro atoms. The van der Waals surface area contributed by atoms with Crippen molar-refractivity contribution in [2.24, 2.45) is 5.92 Å². The van der Waals surface area contributed by atoms with E-state index in [1.165, 1.54) is 22.0 Å². The summed E-state index contributed by atoms with van der Waals surface area (Å²) in [5.74, 6) is 0.495. The zero-order valence-corrected chi connectivity index (χ0v) is 17.8. The molecule has 2 aromatic rings. The quantitative estimate of drug-likeness (QED) is 0.839. The number of nitrogens with one attached hydrogen (secondary N) is 1. The third-order valence-corrected chi connectivity index (χ3v) is 7.61. The maximum Gasteiger partial charge on any atom is 0.224 e. The van der Waals surface area contributed by atoms with Crippen molar-refractivity contribution in [1.82, 2.24) is 14.8 Å². The summed E-state index contributed by atoms with van der Waals surface area (Å²) < 4.78 is 2.40. The van der Waals surface area contributed by atoms with E-state index in [2.05, 4.69) is 60.1 Å². The molecule has 5 rings (SSSR count). The van der Waals surface area contributed by atoms with E-state index in [1.807, 2.05) is 0 Å². The van der Waals surface area contributed by atoms with Crippen molar-refractivity contribution in [2.45, 2.75) is 76.1 Å². The van der Waals surface area contributed by atoms with E-state index in [0.717, 1.165) is 38.6 Å². The molecule has 156 valence electrons. The second kappa shape index (κ2) is 7.13. The SMILES string of the molecule is CC(C)n1cc2c3c(cccc31)C1CC(C(=O)N[C@@H]3CCC[C@@H]3O)CN(C)[C@@H]1C2. The van der Waals surface area contributed by atoms with E-state index in [-0.39, 0.29) is 24.0 Å². The predicted molar refractivity (Wildman–Crippen MR) is 115 cm³/mol. The highest BCUT2D eigenvalue weighted by atomic mass is 16.3. The van der Waals surface area contributed by atoms with Gasteiger partial charge >= 0.3 is 0 Å². The van der Waals surface area contributed by atoms with Gasteiger partial charge in [0.15, 0.2) is 0 Å². The average Bonchev–Trinajstić information content (AvgIpc) is 3.27. The first-order valence-electron chi connectivity index (χ1n) is 11.2. The Morgan fingerprint density at radius 2 is 2.10 bits per heavy atom. The van der Waals surface area contributed by atoms with Crippen LogP contribution in [0.4, 0.5) is 0 Å². The van der Waals surface area contributed by atoms with Crippen LogP contribution in [0.2, 0.25) is 0 Å². The van der Waals surface area contributed by atoms with Crippen molar-refractivity contribution < 1.29 is 9.90 Å². The summed E-state index contributed by atoms with van der Waals surface area (Å²) in [7, 11) is 2.17. The highest BCUT2D eigenvalue weighted by Gasteiger charge is 2.42. The fraction of sp³-hybridized carbons (Fsp3) is 0.625. The smallest absolute Gasteiger partial charge is 0.224 e. The number of hydrogen-bond acceptors (Lipinski definition) is 3. The third kappa shape index (κ3) is 3.10. The molecule has 1 amide bonds. The Bertz CT molecular complexity index is 934. The molecule has 5 atom stereocenters. The standard InChI is InChI=1S/C24H33N3O2/c1-14(2)27-13-15-11-21-18(17-6-4-8-20(27)23(15)17)10-16(12-26(21)3)24(29)25-19-7-5-9-22(19)28/h4,6,8,13-14,16,18-19,21-22,28H,5,7,9-12H2,1-3H3,(H,25,29)/t16?,18?,19-,21-,22+/m1/s1. The Morgan fingerprint density at radius 1 is 1.28 bits per heavy atom. The predicted octanol–water partition coefficient (Wildman–Crippen LogP) is 3.21. The van der Waals surface area contributed by atoms with Gasteiger partial charge in [-0.2, -0.15) is 0 Å². The van der Waals surface area contributed by atoms with Gasteiger partial charge in [0.05, 0.1) is 18.1 Å². The van der Waals surface area contributed by atoms with Crippen molar-refractivity contribution in [3.8, 4) is 0 Å². The molecule has 1 saturated heterocycles. The van der Waals surface area contributed by atoms with E-state index in [0.29, 0.717) is 18.0 Å². The molecule has 2 aliphatic carbocycles. The van der Waals surface area contributed by atoms with Gasteiger partial charge in [0.2, 0.25) is 5.91 Å². The second-order valence-electron chi connectivity index (χ2n) is 9.76. The summed E-state index contributed by atoms with van der Waals surface area (Å²) in [5.41, 5.74) is 4.20. The molecule has 5 heteroatoms. The maximum atomic E-state index is 13.0. The van der Waals surface area contributed by atoms with E-state index in [4.69, 9.17) is 0 Å². The molecule has 5 nitrogen and oxygen atoms in total. The van der Waals surface area contributed by atoms with Crippen LogP contribution in [0.1, 0.15) is 62.6 Å². The molecule has 1 saturated carbocycles. The largest absolute Gasteiger partial charge is 0.391 e. The lowest BCUT2D eigenvalue weighted by Crippen LogP contribution is -2.53. The number of likely N-dealkylation sites (tertiary alicyclic amines) is 1. The summed E-state index contributed by atoms with van der Waals surface area (Å²) in [5, 5.41) is 14.7. The Balaban J connectivity index is 1.45. The van der Waals surface area contributed by atoms with Crippen LogP contribution in [0, 0.1) is 5.92 Å². The molecule has 29 heavy (non-hydrogen) atoms. The number of amides is 1. The highest BCUT2D eigenvalue weighted by molar-refractivity contribution is 5.89. The van der Waals surface area contributed by atoms with Gasteiger partial charge in [-0.05, 0) is 70.2 Å². The minimum atomic E-state index is -0.380. The highest BCUT2D eigenvalue weighted by Crippen LogP contribution is 2.45. The van der Waals surface area contributed by atoms with Crippen LogP contribution >= 0.6 is 0 Å². The molecule has 3 aliphatic rings. The number of carbonyl (C=O) groups excluding carboxylic acids is 1. The average molecular weight is 396 g/mol. The number of hydrogen-bond donors (Lipinski definition) is 2. The summed E-state index contributed by atoms with van der Waals surface area (Å²) in [6.07, 6.45) is 6.63. The number of fused-ring (bicyclic) bond motifs is 2. The summed E-state index contributed by atoms with van der Waals surface area (Å²) in [4.78, 5) is 15.4. The van der Waals surface area contributed by atoms with Crippen LogP contribution in [0.3, 0.4) is 0 Å². The van der Waals surface area contributed by atoms with Gasteiger partial charge in [-0.1, -0.05) is 12.1 Å². The van der Waals surface area contributed by atoms with E-state index in [9.17, 15) is 9.90 Å². The zero-order valence-electron chi connectivity index (χ0n) is 17.8. The monoisotopic (exact) mass is 395 g/mol. The molecule has 0 radical (unpaired) electrons. The fourth-order valence-electron chi connectivity index (χ4n) is 6.10. The number of benzene rings is 1. The molecule has 2 unspecified atom stereocenters. The molecule has 2 N–H and O–H groups in total. The second-order valence-corrected chi connectivity index (χ2v) is 9.76. The van der Waals surface area contributed by atoms with Crippen molar-refractivity contribution in [3.05, 3.63) is 35.5 Å². The Hall–Kier alpha value is -1.85. The topological polar surface area (TPSA) is 57.5 Å². The lowest BCUT2D eigenvalue weighted by atomic mass is 9.72. The molecule has 1 aliphatic heterocycles. The zero-order chi connectivity index (χ0) is 20.3. The van der Waals surface area contributed by atoms with Gasteiger partial charge in [-0.3, -0.25) is 4.79 Å². The molecule has 2 heterocycles. The van der Waals surface area contributed by atoms with Gasteiger partial charge in [-0.25, -0.2) is 0 Å². The summed E-state index contributed by atoms with van der Waals surface area (Å²) in [6.45, 7) is 5.28. The lowest BCUT2D eigenvalue weighted by Gasteiger charge is -2.45. The summed E-state index contributed by atoms with van der Waals surface area (Å²) >= 11 is 0. The van der Waals surface area contributed by atoms with Crippen LogP contribution in [0.5, 0.6) is 0 Å². The Kier molecular flexibility index (Phi) is 4.71. The number of aromatic nitrogens is 1. The van der Waals surface area contributed by atoms with Gasteiger partial charge in [-0.15, -0.1) is 0 Å². The van der Waals surface area contributed by atoms with E-state index in [1.54, 1.807) is 0 Å². The van der Waals surface area contributed by atoms with Gasteiger partial charge in [0, 0.05) is 41.6 Å².